The first-order chi connectivity index (χ1) is 10.7. The molecule has 0 heterocycles. The highest BCUT2D eigenvalue weighted by Crippen LogP contribution is 2.30. The molecule has 0 aromatic heterocycles. The molecule has 126 valence electrons. The highest BCUT2D eigenvalue weighted by molar-refractivity contribution is 7.98. The van der Waals surface area contributed by atoms with E-state index in [1.165, 1.54) is 61.2 Å². The molecule has 1 rings (SSSR count). The second-order valence-electron chi connectivity index (χ2n) is 5.87. The van der Waals surface area contributed by atoms with Gasteiger partial charge in [-0.15, -0.1) is 0 Å². The van der Waals surface area contributed by atoms with Gasteiger partial charge in [0, 0.05) is 17.1 Å². The van der Waals surface area contributed by atoms with Gasteiger partial charge in [0.25, 0.3) is 0 Å². The summed E-state index contributed by atoms with van der Waals surface area (Å²) in [7, 11) is 0. The quantitative estimate of drug-likeness (QED) is 0.436. The Morgan fingerprint density at radius 1 is 0.864 bits per heavy atom. The minimum atomic E-state index is 0.472. The van der Waals surface area contributed by atoms with Crippen LogP contribution in [0.5, 0.6) is 5.75 Å². The molecule has 0 saturated carbocycles. The summed E-state index contributed by atoms with van der Waals surface area (Å²) in [5, 5.41) is 10.1. The second-order valence-corrected chi connectivity index (χ2v) is 8.08. The molecule has 1 N–H and O–H groups in total. The van der Waals surface area contributed by atoms with Crippen molar-refractivity contribution in [2.75, 3.05) is 11.5 Å². The SMILES string of the molecule is CCCCCSCc1ccc(O)c(CSCCCCC)c1C. The van der Waals surface area contributed by atoms with Gasteiger partial charge in [-0.05, 0) is 48.5 Å². The molecule has 22 heavy (non-hydrogen) atoms. The average molecular weight is 341 g/mol. The van der Waals surface area contributed by atoms with Crippen molar-refractivity contribution in [1.82, 2.24) is 0 Å². The Bertz CT molecular complexity index is 418. The molecule has 1 nitrogen and oxygen atoms in total. The first-order valence-corrected chi connectivity index (χ1v) is 11.0. The van der Waals surface area contributed by atoms with E-state index in [2.05, 4.69) is 26.8 Å². The van der Waals surface area contributed by atoms with Crippen molar-refractivity contribution in [2.45, 2.75) is 70.8 Å². The monoisotopic (exact) mass is 340 g/mol. The van der Waals surface area contributed by atoms with Crippen molar-refractivity contribution >= 4 is 23.5 Å². The fourth-order valence-electron chi connectivity index (χ4n) is 2.39. The summed E-state index contributed by atoms with van der Waals surface area (Å²) in [6.45, 7) is 6.66. The number of hydrogen-bond acceptors (Lipinski definition) is 3. The summed E-state index contributed by atoms with van der Waals surface area (Å²) in [4.78, 5) is 0. The number of phenols is 1. The summed E-state index contributed by atoms with van der Waals surface area (Å²) < 4.78 is 0. The van der Waals surface area contributed by atoms with Crippen molar-refractivity contribution in [1.29, 1.82) is 0 Å². The maximum Gasteiger partial charge on any atom is 0.119 e. The number of benzene rings is 1. The second kappa shape index (κ2) is 12.2. The Balaban J connectivity index is 2.48. The van der Waals surface area contributed by atoms with Gasteiger partial charge in [0.1, 0.15) is 5.75 Å². The van der Waals surface area contributed by atoms with Gasteiger partial charge in [-0.1, -0.05) is 45.6 Å². The lowest BCUT2D eigenvalue weighted by atomic mass is 10.0. The number of thioether (sulfide) groups is 2. The van der Waals surface area contributed by atoms with Crippen LogP contribution in [0.1, 0.15) is 69.1 Å². The van der Waals surface area contributed by atoms with Gasteiger partial charge in [0.15, 0.2) is 0 Å². The summed E-state index contributed by atoms with van der Waals surface area (Å²) >= 11 is 3.97. The lowest BCUT2D eigenvalue weighted by molar-refractivity contribution is 0.470. The molecule has 1 aromatic carbocycles. The molecule has 0 unspecified atom stereocenters. The minimum Gasteiger partial charge on any atom is -0.508 e. The molecule has 0 spiro atoms. The zero-order valence-corrected chi connectivity index (χ0v) is 16.1. The summed E-state index contributed by atoms with van der Waals surface area (Å²) in [6.07, 6.45) is 7.81. The van der Waals surface area contributed by atoms with E-state index in [9.17, 15) is 5.11 Å². The van der Waals surface area contributed by atoms with Gasteiger partial charge in [0.05, 0.1) is 0 Å². The van der Waals surface area contributed by atoms with E-state index in [0.29, 0.717) is 5.75 Å². The minimum absolute atomic E-state index is 0.472. The van der Waals surface area contributed by atoms with Crippen molar-refractivity contribution < 1.29 is 5.11 Å². The van der Waals surface area contributed by atoms with E-state index < -0.39 is 0 Å². The fraction of sp³-hybridized carbons (Fsp3) is 0.684. The molecule has 0 atom stereocenters. The standard InChI is InChI=1S/C19H32OS2/c1-4-6-8-12-21-14-17-10-11-19(20)18(16(17)3)15-22-13-9-7-5-2/h10-11,20H,4-9,12-15H2,1-3H3. The molecule has 3 heteroatoms. The van der Waals surface area contributed by atoms with Gasteiger partial charge in [0.2, 0.25) is 0 Å². The molecule has 0 amide bonds. The first-order valence-electron chi connectivity index (χ1n) is 8.66. The molecule has 0 radical (unpaired) electrons. The molecule has 0 aliphatic carbocycles. The number of phenolic OH excluding ortho intramolecular Hbond substituents is 1. The molecule has 0 fully saturated rings. The van der Waals surface area contributed by atoms with E-state index in [1.54, 1.807) is 0 Å². The van der Waals surface area contributed by atoms with Crippen LogP contribution in [0.25, 0.3) is 0 Å². The third kappa shape index (κ3) is 7.32. The van der Waals surface area contributed by atoms with Gasteiger partial charge >= 0.3 is 0 Å². The molecular formula is C19H32OS2. The zero-order valence-electron chi connectivity index (χ0n) is 14.5. The van der Waals surface area contributed by atoms with Crippen LogP contribution in [0, 0.1) is 6.92 Å². The van der Waals surface area contributed by atoms with Gasteiger partial charge in [-0.25, -0.2) is 0 Å². The van der Waals surface area contributed by atoms with Crippen molar-refractivity contribution in [3.05, 3.63) is 28.8 Å². The van der Waals surface area contributed by atoms with Crippen molar-refractivity contribution in [2.24, 2.45) is 0 Å². The van der Waals surface area contributed by atoms with E-state index >= 15 is 0 Å². The van der Waals surface area contributed by atoms with Gasteiger partial charge < -0.3 is 5.11 Å². The van der Waals surface area contributed by atoms with Crippen LogP contribution in [0.15, 0.2) is 12.1 Å². The summed E-state index contributed by atoms with van der Waals surface area (Å²) in [5.41, 5.74) is 3.84. The van der Waals surface area contributed by atoms with E-state index in [-0.39, 0.29) is 0 Å². The largest absolute Gasteiger partial charge is 0.508 e. The Morgan fingerprint density at radius 2 is 1.45 bits per heavy atom. The number of rotatable bonds is 12. The molecular weight excluding hydrogens is 308 g/mol. The van der Waals surface area contributed by atoms with Crippen molar-refractivity contribution in [3.63, 3.8) is 0 Å². The summed E-state index contributed by atoms with van der Waals surface area (Å²) in [5.74, 6) is 4.93. The maximum absolute atomic E-state index is 10.1. The highest BCUT2D eigenvalue weighted by atomic mass is 32.2. The normalized spacial score (nSPS) is 11.0. The van der Waals surface area contributed by atoms with Crippen LogP contribution in [0.2, 0.25) is 0 Å². The Labute approximate surface area is 145 Å². The zero-order chi connectivity index (χ0) is 16.2. The topological polar surface area (TPSA) is 20.2 Å². The van der Waals surface area contributed by atoms with Crippen LogP contribution < -0.4 is 0 Å². The van der Waals surface area contributed by atoms with E-state index in [4.69, 9.17) is 0 Å². The van der Waals surface area contributed by atoms with Crippen LogP contribution >= 0.6 is 23.5 Å². The first kappa shape index (κ1) is 19.8. The Morgan fingerprint density at radius 3 is 2.05 bits per heavy atom. The molecule has 0 aliphatic heterocycles. The van der Waals surface area contributed by atoms with Gasteiger partial charge in [-0.2, -0.15) is 23.5 Å². The molecule has 0 bridgehead atoms. The van der Waals surface area contributed by atoms with Crippen LogP contribution in [0.4, 0.5) is 0 Å². The van der Waals surface area contributed by atoms with E-state index in [0.717, 1.165) is 17.1 Å². The van der Waals surface area contributed by atoms with Crippen LogP contribution in [0.3, 0.4) is 0 Å². The Kier molecular flexibility index (Phi) is 10.9. The molecule has 1 aromatic rings. The van der Waals surface area contributed by atoms with Crippen molar-refractivity contribution in [3.8, 4) is 5.75 Å². The lowest BCUT2D eigenvalue weighted by Gasteiger charge is -2.13. The summed E-state index contributed by atoms with van der Waals surface area (Å²) in [6, 6.07) is 3.99. The predicted octanol–water partition coefficient (Wildman–Crippen LogP) is 6.55. The fourth-order valence-corrected chi connectivity index (χ4v) is 4.60. The third-order valence-electron chi connectivity index (χ3n) is 3.97. The predicted molar refractivity (Wildman–Crippen MR) is 104 cm³/mol. The third-order valence-corrected chi connectivity index (χ3v) is 6.14. The highest BCUT2D eigenvalue weighted by Gasteiger charge is 2.09. The van der Waals surface area contributed by atoms with Crippen LogP contribution in [-0.4, -0.2) is 16.6 Å². The average Bonchev–Trinajstić information content (AvgIpc) is 2.51. The number of aromatic hydroxyl groups is 1. The maximum atomic E-state index is 10.1. The van der Waals surface area contributed by atoms with E-state index in [1.807, 2.05) is 29.6 Å². The van der Waals surface area contributed by atoms with Crippen LogP contribution in [-0.2, 0) is 11.5 Å². The number of unbranched alkanes of at least 4 members (excludes halogenated alkanes) is 4. The Hall–Kier alpha value is -0.280. The molecule has 0 aliphatic rings. The number of hydrogen-bond donors (Lipinski definition) is 1. The van der Waals surface area contributed by atoms with Gasteiger partial charge in [-0.3, -0.25) is 0 Å². The lowest BCUT2D eigenvalue weighted by Crippen LogP contribution is -1.95. The molecule has 0 saturated heterocycles. The smallest absolute Gasteiger partial charge is 0.119 e.